The first-order chi connectivity index (χ1) is 10.5. The number of hydrogen-bond donors (Lipinski definition) is 6. The molecular formula is C12H17N5O4S. The second kappa shape index (κ2) is 5.89. The molecule has 22 heavy (non-hydrogen) atoms. The number of aromatic hydroxyl groups is 1. The minimum absolute atomic E-state index is 0.0684. The first-order valence-electron chi connectivity index (χ1n) is 6.64. The Kier molecular flexibility index (Phi) is 4.10. The zero-order chi connectivity index (χ0) is 15.9. The summed E-state index contributed by atoms with van der Waals surface area (Å²) in [6.07, 6.45) is 1.36. The molecule has 10 heteroatoms. The summed E-state index contributed by atoms with van der Waals surface area (Å²) in [5, 5.41) is 33.3. The number of fused-ring (bicyclic) bond motifs is 1. The molecule has 0 aliphatic carbocycles. The largest absolute Gasteiger partial charge is 0.492 e. The number of hydrogen-bond acceptors (Lipinski definition) is 9. The highest BCUT2D eigenvalue weighted by molar-refractivity contribution is 7.93. The van der Waals surface area contributed by atoms with Gasteiger partial charge in [0.2, 0.25) is 11.8 Å². The quantitative estimate of drug-likeness (QED) is 0.400. The topological polar surface area (TPSA) is 150 Å². The molecule has 120 valence electrons. The average molecular weight is 327 g/mol. The lowest BCUT2D eigenvalue weighted by atomic mass is 10.0. The van der Waals surface area contributed by atoms with E-state index in [0.29, 0.717) is 16.6 Å². The van der Waals surface area contributed by atoms with Gasteiger partial charge < -0.3 is 35.5 Å². The van der Waals surface area contributed by atoms with Crippen LogP contribution in [0.15, 0.2) is 6.20 Å². The minimum atomic E-state index is -1.03. The van der Waals surface area contributed by atoms with Crippen molar-refractivity contribution >= 4 is 29.0 Å². The van der Waals surface area contributed by atoms with Gasteiger partial charge in [-0.05, 0) is 12.0 Å². The van der Waals surface area contributed by atoms with Gasteiger partial charge in [-0.15, -0.1) is 0 Å². The zero-order valence-corrected chi connectivity index (χ0v) is 12.5. The van der Waals surface area contributed by atoms with Crippen LogP contribution in [0.3, 0.4) is 0 Å². The monoisotopic (exact) mass is 327 g/mol. The molecule has 0 unspecified atom stereocenters. The normalized spacial score (nSPS) is 28.5. The summed E-state index contributed by atoms with van der Waals surface area (Å²) >= 11 is 1.19. The number of aromatic amines is 1. The van der Waals surface area contributed by atoms with Gasteiger partial charge in [-0.1, -0.05) is 0 Å². The van der Waals surface area contributed by atoms with E-state index in [1.165, 1.54) is 12.0 Å². The smallest absolute Gasteiger partial charge is 0.240 e. The molecule has 2 aromatic rings. The van der Waals surface area contributed by atoms with E-state index in [9.17, 15) is 15.3 Å². The van der Waals surface area contributed by atoms with E-state index in [1.54, 1.807) is 12.5 Å². The maximum absolute atomic E-state index is 10.3. The lowest BCUT2D eigenvalue weighted by Gasteiger charge is -2.14. The Morgan fingerprint density at radius 2 is 2.14 bits per heavy atom. The van der Waals surface area contributed by atoms with Crippen LogP contribution in [0.5, 0.6) is 5.88 Å². The number of aliphatic hydroxyl groups excluding tert-OH is 2. The molecule has 4 atom stereocenters. The Balaban J connectivity index is 1.94. The third kappa shape index (κ3) is 2.48. The molecule has 1 aliphatic heterocycles. The maximum Gasteiger partial charge on any atom is 0.240 e. The van der Waals surface area contributed by atoms with Crippen LogP contribution in [0.25, 0.3) is 11.0 Å². The van der Waals surface area contributed by atoms with Gasteiger partial charge in [0.25, 0.3) is 0 Å². The number of anilines is 1. The van der Waals surface area contributed by atoms with Crippen molar-refractivity contribution in [2.45, 2.75) is 24.3 Å². The van der Waals surface area contributed by atoms with E-state index < -0.39 is 24.3 Å². The summed E-state index contributed by atoms with van der Waals surface area (Å²) in [7, 11) is 0. The highest BCUT2D eigenvalue weighted by atomic mass is 32.2. The summed E-state index contributed by atoms with van der Waals surface area (Å²) in [5.41, 5.74) is 6.88. The molecule has 0 saturated carbocycles. The highest BCUT2D eigenvalue weighted by Gasteiger charge is 2.43. The predicted molar refractivity (Wildman–Crippen MR) is 81.1 cm³/mol. The number of nitrogens with zero attached hydrogens (tertiary/aromatic N) is 2. The van der Waals surface area contributed by atoms with Crippen LogP contribution in [-0.4, -0.2) is 61.4 Å². The molecule has 1 saturated heterocycles. The van der Waals surface area contributed by atoms with Crippen molar-refractivity contribution in [2.24, 2.45) is 0 Å². The Labute approximate surface area is 130 Å². The van der Waals surface area contributed by atoms with E-state index >= 15 is 0 Å². The summed E-state index contributed by atoms with van der Waals surface area (Å²) in [6.45, 7) is 0.251. The molecule has 3 rings (SSSR count). The predicted octanol–water partition coefficient (Wildman–Crippen LogP) is -0.725. The van der Waals surface area contributed by atoms with Crippen molar-refractivity contribution < 1.29 is 19.5 Å². The Morgan fingerprint density at radius 1 is 1.36 bits per heavy atom. The van der Waals surface area contributed by atoms with Gasteiger partial charge in [0.1, 0.15) is 17.1 Å². The molecule has 0 bridgehead atoms. The van der Waals surface area contributed by atoms with Crippen molar-refractivity contribution in [2.75, 3.05) is 18.6 Å². The van der Waals surface area contributed by atoms with Crippen LogP contribution in [0, 0.1) is 0 Å². The molecule has 0 amide bonds. The number of nitrogens with two attached hydrogens (primary N) is 1. The summed E-state index contributed by atoms with van der Waals surface area (Å²) in [5.74, 6) is -0.329. The minimum Gasteiger partial charge on any atom is -0.492 e. The molecule has 0 aromatic carbocycles. The number of nitrogen functional groups attached to an aromatic ring is 1. The third-order valence-corrected chi connectivity index (χ3v) is 4.12. The summed E-state index contributed by atoms with van der Waals surface area (Å²) < 4.78 is 5.22. The Morgan fingerprint density at radius 3 is 2.86 bits per heavy atom. The van der Waals surface area contributed by atoms with Gasteiger partial charge in [-0.3, -0.25) is 0 Å². The average Bonchev–Trinajstić information content (AvgIpc) is 3.00. The van der Waals surface area contributed by atoms with E-state index in [4.69, 9.17) is 9.92 Å². The SMILES string of the molecule is CSOC[C@H]1N[C@@H](c2c[nH]c3c(O)nc(N)nc23)[C@H](O)[C@@H]1O. The first kappa shape index (κ1) is 15.3. The third-order valence-electron chi connectivity index (χ3n) is 3.75. The van der Waals surface area contributed by atoms with Gasteiger partial charge >= 0.3 is 0 Å². The van der Waals surface area contributed by atoms with E-state index in [-0.39, 0.29) is 18.4 Å². The van der Waals surface area contributed by atoms with Crippen LogP contribution in [0.2, 0.25) is 0 Å². The molecule has 1 fully saturated rings. The van der Waals surface area contributed by atoms with Crippen molar-refractivity contribution in [3.8, 4) is 5.88 Å². The van der Waals surface area contributed by atoms with Gasteiger partial charge in [-0.2, -0.15) is 4.98 Å². The van der Waals surface area contributed by atoms with Crippen LogP contribution < -0.4 is 11.1 Å². The maximum atomic E-state index is 10.3. The fourth-order valence-electron chi connectivity index (χ4n) is 2.69. The molecule has 7 N–H and O–H groups in total. The molecule has 9 nitrogen and oxygen atoms in total. The first-order valence-corrected chi connectivity index (χ1v) is 7.79. The molecule has 0 radical (unpaired) electrons. The fourth-order valence-corrected chi connectivity index (χ4v) is 2.97. The van der Waals surface area contributed by atoms with Crippen LogP contribution in [0.4, 0.5) is 5.95 Å². The van der Waals surface area contributed by atoms with Crippen LogP contribution in [0.1, 0.15) is 11.6 Å². The molecule has 2 aromatic heterocycles. The van der Waals surface area contributed by atoms with Gasteiger partial charge in [-0.25, -0.2) is 4.98 Å². The Hall–Kier alpha value is -1.59. The van der Waals surface area contributed by atoms with Gasteiger partial charge in [0.05, 0.1) is 24.8 Å². The fraction of sp³-hybridized carbons (Fsp3) is 0.500. The Bertz CT molecular complexity index is 681. The van der Waals surface area contributed by atoms with Crippen molar-refractivity contribution in [1.82, 2.24) is 20.3 Å². The highest BCUT2D eigenvalue weighted by Crippen LogP contribution is 2.34. The number of aromatic nitrogens is 3. The standard InChI is InChI=1S/C12H17N5O4S/c1-22-21-3-5-9(18)10(19)7(15-5)4-2-14-8-6(4)16-12(13)17-11(8)20/h2,5,7,9-10,14-15,18-19H,3H2,1H3,(H3,13,16,17,20)/t5-,7+,9-,10+/m1/s1. The molecular weight excluding hydrogens is 310 g/mol. The van der Waals surface area contributed by atoms with Gasteiger partial charge in [0.15, 0.2) is 0 Å². The molecule has 3 heterocycles. The second-order valence-electron chi connectivity index (χ2n) is 5.06. The number of nitrogens with one attached hydrogen (secondary N) is 2. The second-order valence-corrected chi connectivity index (χ2v) is 5.63. The van der Waals surface area contributed by atoms with Crippen molar-refractivity contribution in [3.05, 3.63) is 11.8 Å². The zero-order valence-electron chi connectivity index (χ0n) is 11.7. The van der Waals surface area contributed by atoms with Crippen molar-refractivity contribution in [3.63, 3.8) is 0 Å². The van der Waals surface area contributed by atoms with E-state index in [2.05, 4.69) is 20.3 Å². The van der Waals surface area contributed by atoms with E-state index in [0.717, 1.165) is 0 Å². The molecule has 0 spiro atoms. The molecule has 1 aliphatic rings. The lowest BCUT2D eigenvalue weighted by Crippen LogP contribution is -2.36. The number of H-pyrrole nitrogens is 1. The van der Waals surface area contributed by atoms with Crippen molar-refractivity contribution in [1.29, 1.82) is 0 Å². The summed E-state index contributed by atoms with van der Waals surface area (Å²) in [6, 6.07) is -0.974. The van der Waals surface area contributed by atoms with Crippen LogP contribution >= 0.6 is 12.0 Å². The summed E-state index contributed by atoms with van der Waals surface area (Å²) in [4.78, 5) is 10.6. The number of rotatable bonds is 4. The number of aliphatic hydroxyl groups is 2. The van der Waals surface area contributed by atoms with E-state index in [1.807, 2.05) is 0 Å². The lowest BCUT2D eigenvalue weighted by molar-refractivity contribution is 0.0226. The van der Waals surface area contributed by atoms with Crippen LogP contribution in [-0.2, 0) is 4.18 Å². The van der Waals surface area contributed by atoms with Gasteiger partial charge in [0, 0.05) is 18.0 Å².